The fraction of sp³-hybridized carbons (Fsp3) is 0.354. The Balaban J connectivity index is 0.00000160. The fourth-order valence-corrected chi connectivity index (χ4v) is 13.7. The number of nitro benzene ring substituents is 1. The zero-order valence-corrected chi connectivity index (χ0v) is 95.9. The molecule has 0 radical (unpaired) electrons. The van der Waals surface area contributed by atoms with Gasteiger partial charge in [-0.05, 0) is 326 Å². The zero-order chi connectivity index (χ0) is 109. The van der Waals surface area contributed by atoms with Crippen LogP contribution in [0, 0.1) is 150 Å². The largest absolute Gasteiger partial charge is 1.00 e. The third-order valence-corrected chi connectivity index (χ3v) is 22.5. The minimum atomic E-state index is -1.82. The van der Waals surface area contributed by atoms with Crippen molar-refractivity contribution in [3.63, 3.8) is 0 Å². The Morgan fingerprint density at radius 1 is 0.393 bits per heavy atom. The summed E-state index contributed by atoms with van der Waals surface area (Å²) >= 11 is 22.8. The SMILES string of the molecule is CNC.COc1nc2cc(C)c(C)c(C)c2nc1OC.COc1nc2cc(C)c(C)c(CBr)c2nc1OC.COc1nc2cc(C)c(C)c(CN(C)C)c2nc1OC.Cc1cc2[nH]c(=O)c(=O)[nH]c2c(C)c1C.Cc1cc2[nH]c(=O)c(=O)[nH]c2c(CN(C)C)c1C.Cc1ccc(N)c(N)c1C.Cc1ccc([N+](=O)[O-])c(N)c1C.Cc1ccc2[nH]c(=O)c(=O)[nH]c2c1C.Cl.Cl.ClC(Cl)(Cl)Cl.O=C(O)C(=O)O.O=[N+]([O-])[O-].[K+]. The Labute approximate surface area is 919 Å². The van der Waals surface area contributed by atoms with Crippen LogP contribution in [0.3, 0.4) is 0 Å². The first kappa shape index (κ1) is 133. The van der Waals surface area contributed by atoms with E-state index < -0.39 is 58.6 Å². The molecule has 0 atom stereocenters. The average molecular weight is 2230 g/mol. The van der Waals surface area contributed by atoms with E-state index in [2.05, 4.69) is 127 Å². The van der Waals surface area contributed by atoms with Crippen molar-refractivity contribution in [3.05, 3.63) is 271 Å². The fourth-order valence-electron chi connectivity index (χ4n) is 13.0. The molecular formula is C96H124BrCl6KN20O21. The van der Waals surface area contributed by atoms with Gasteiger partial charge in [0.15, 0.2) is 0 Å². The molecule has 0 fully saturated rings. The number of fused-ring (bicyclic) bond motifs is 6. The molecule has 0 spiro atoms. The van der Waals surface area contributed by atoms with E-state index in [0.717, 1.165) is 123 Å². The van der Waals surface area contributed by atoms with Gasteiger partial charge in [-0.1, -0.05) is 80.5 Å². The van der Waals surface area contributed by atoms with E-state index >= 15 is 0 Å². The third kappa shape index (κ3) is 38.5. The normalized spacial score (nSPS) is 10.2. The summed E-state index contributed by atoms with van der Waals surface area (Å²) in [4.78, 5) is 150. The van der Waals surface area contributed by atoms with E-state index in [1.807, 2.05) is 172 Å². The predicted molar refractivity (Wildman–Crippen MR) is 580 cm³/mol. The Kier molecular flexibility index (Phi) is 56.4. The molecule has 0 bridgehead atoms. The van der Waals surface area contributed by atoms with Gasteiger partial charge in [0, 0.05) is 24.5 Å². The Morgan fingerprint density at radius 2 is 0.669 bits per heavy atom. The summed E-state index contributed by atoms with van der Waals surface area (Å²) < 4.78 is 29.6. The molecule has 8 aromatic carbocycles. The quantitative estimate of drug-likeness (QED) is 0.0135. The number of aromatic nitrogens is 12. The van der Waals surface area contributed by atoms with E-state index in [0.29, 0.717) is 80.8 Å². The smallest absolute Gasteiger partial charge is 0.477 e. The second kappa shape index (κ2) is 61.5. The van der Waals surface area contributed by atoms with Gasteiger partial charge in [-0.25, -0.2) is 39.5 Å². The molecular weight excluding hydrogens is 2100 g/mol. The van der Waals surface area contributed by atoms with Crippen LogP contribution in [0.5, 0.6) is 35.3 Å². The molecule has 0 aliphatic rings. The summed E-state index contributed by atoms with van der Waals surface area (Å²) in [6, 6.07) is 20.5. The first-order valence-electron chi connectivity index (χ1n) is 42.6. The van der Waals surface area contributed by atoms with Gasteiger partial charge >= 0.3 is 96.7 Å². The van der Waals surface area contributed by atoms with Crippen LogP contribution in [0.15, 0.2) is 95.5 Å². The number of nitrogen functional groups attached to an aromatic ring is 3. The number of alkyl halides is 5. The van der Waals surface area contributed by atoms with Gasteiger partial charge in [0.25, 0.3) is 44.2 Å². The molecule has 0 saturated heterocycles. The van der Waals surface area contributed by atoms with E-state index in [1.54, 1.807) is 61.7 Å². The summed E-state index contributed by atoms with van der Waals surface area (Å²) in [5.41, 5.74) is 47.4. The number of nitrogens with zero attached hydrogens (tertiary/aromatic N) is 10. The van der Waals surface area contributed by atoms with Gasteiger partial charge in [0.1, 0.15) is 5.69 Å². The van der Waals surface area contributed by atoms with Crippen LogP contribution in [-0.2, 0) is 28.0 Å². The van der Waals surface area contributed by atoms with Crippen LogP contribution in [0.4, 0.5) is 22.7 Å². The summed E-state index contributed by atoms with van der Waals surface area (Å²) in [6.07, 6.45) is 0. The second-order valence-electron chi connectivity index (χ2n) is 32.2. The minimum Gasteiger partial charge on any atom is -0.477 e. The van der Waals surface area contributed by atoms with Crippen LogP contribution in [-0.4, -0.2) is 190 Å². The molecule has 6 heterocycles. The number of nitrogens with one attached hydrogen (secondary N) is 7. The number of nitrogens with two attached hydrogens (primary N) is 3. The molecule has 49 heteroatoms. The summed E-state index contributed by atoms with van der Waals surface area (Å²) in [7, 11) is 21.2. The summed E-state index contributed by atoms with van der Waals surface area (Å²) in [5, 5.41) is 43.4. The molecule has 0 aliphatic heterocycles. The molecule has 0 saturated carbocycles. The van der Waals surface area contributed by atoms with Crippen molar-refractivity contribution in [2.45, 2.75) is 146 Å². The first-order chi connectivity index (χ1) is 66.1. The maximum atomic E-state index is 11.5. The number of carbonyl (C=O) groups is 2. The number of aliphatic carboxylic acids is 2. The van der Waals surface area contributed by atoms with Crippen molar-refractivity contribution >= 4 is 188 Å². The number of H-pyrrole nitrogens is 6. The first-order valence-corrected chi connectivity index (χ1v) is 45.2. The molecule has 0 unspecified atom stereocenters. The van der Waals surface area contributed by atoms with Gasteiger partial charge in [-0.3, -0.25) is 38.9 Å². The van der Waals surface area contributed by atoms with Gasteiger partial charge < -0.3 is 116 Å². The Bertz CT molecular complexity index is 7260. The van der Waals surface area contributed by atoms with Gasteiger partial charge in [0.05, 0.1) is 130 Å². The number of aryl methyl sites for hydroxylation is 11. The second-order valence-corrected chi connectivity index (χ2v) is 36.2. The molecule has 145 heavy (non-hydrogen) atoms. The van der Waals surface area contributed by atoms with Crippen LogP contribution < -0.4 is 136 Å². The monoisotopic (exact) mass is 2220 g/mol. The molecule has 41 nitrogen and oxygen atoms in total. The number of carboxylic acid groups (broad SMARTS) is 2. The number of aromatic amines is 6. The number of halogens is 7. The van der Waals surface area contributed by atoms with Crippen molar-refractivity contribution in [3.8, 4) is 35.3 Å². The molecule has 15 N–H and O–H groups in total. The summed E-state index contributed by atoms with van der Waals surface area (Å²) in [5.74, 6) is -1.15. The summed E-state index contributed by atoms with van der Waals surface area (Å²) in [6.45, 7) is 37.5. The maximum Gasteiger partial charge on any atom is 1.00 e. The minimum absolute atomic E-state index is 0. The molecule has 6 aromatic heterocycles. The number of benzene rings is 8. The average Bonchev–Trinajstić information content (AvgIpc) is 0.796. The van der Waals surface area contributed by atoms with Crippen molar-refractivity contribution in [2.75, 3.05) is 102 Å². The molecule has 14 aromatic rings. The van der Waals surface area contributed by atoms with Gasteiger partial charge in [-0.15, -0.1) is 24.8 Å². The van der Waals surface area contributed by atoms with E-state index in [4.69, 9.17) is 127 Å². The predicted octanol–water partition coefficient (Wildman–Crippen LogP) is 13.3. The van der Waals surface area contributed by atoms with E-state index in [-0.39, 0.29) is 87.6 Å². The van der Waals surface area contributed by atoms with Crippen LogP contribution >= 0.6 is 87.1 Å². The molecule has 784 valence electrons. The number of carboxylic acids is 2. The van der Waals surface area contributed by atoms with Crippen LogP contribution in [0.2, 0.25) is 0 Å². The van der Waals surface area contributed by atoms with E-state index in [1.165, 1.54) is 50.6 Å². The van der Waals surface area contributed by atoms with Gasteiger partial charge in [0.2, 0.25) is 0 Å². The standard InChI is InChI=1S/C15H21N3O2.C13H15BrN2O2.C13H17N3O2.C13H16N2O2.C11H12N2O2.C10H10N2O2.C8H10N2O2.C8H12N2.C2H7N.C2H2O4.CCl4.2ClH.K.NO3/c1-9-7-12-13(11(10(9)2)8-18(3)4)17-15(20-6)14(16-12)19-5;1-7-5-10-11(9(6-14)8(7)2)16-13(18-4)12(15-10)17-3;1-7-5-10-11(15-13(18)12(17)14-10)9(8(7)2)6-16(3)4;1-7-6-10-11(9(3)8(7)2)15-13(17-5)12(14-10)16-4;1-5-4-8-9(7(3)6(5)2)13-11(15)10(14)12-8;1-5-3-4-7-8(6(5)2)12-10(14)9(13)11-7;1-5-3-4-7(10(11)12)8(9)6(5)2;1-5-3-4-7(9)8(10)6(5)2;1-3-2;3-1(4)2(5)6;2-1(3,4)5;;;;2-1(3)4/h7H,8H2,1-6H3;5H,6H2,1-4H3;5H,6H2,1-4H3,(H,14,17)(H,15,18);6H,1-5H3;4H,1-3H3,(H,12,14)(H,13,15);3-4H,1-2H3,(H,11,13)(H,12,14);3-4H,9H2,1-2H3;3-4H,9-10H2,1-2H3;3H,1-2H3;(H,3,4)(H,5,6);;2*1H;;/q;;;;;;;;;;;;;+1;-1. The number of hydrogen-bond donors (Lipinski definition) is 12. The van der Waals surface area contributed by atoms with Crippen molar-refractivity contribution in [2.24, 2.45) is 0 Å². The molecule has 0 aliphatic carbocycles. The number of anilines is 3. The van der Waals surface area contributed by atoms with Crippen LogP contribution in [0.1, 0.15) is 117 Å². The number of nitro groups is 1. The third-order valence-electron chi connectivity index (χ3n) is 22.0. The van der Waals surface area contributed by atoms with Crippen molar-refractivity contribution in [1.82, 2.24) is 74.9 Å². The number of methoxy groups -OCH3 is 6. The Morgan fingerprint density at radius 3 is 1.04 bits per heavy atom. The van der Waals surface area contributed by atoms with Crippen LogP contribution in [0.25, 0.3) is 66.2 Å². The van der Waals surface area contributed by atoms with Crippen molar-refractivity contribution < 1.29 is 110 Å². The molecule has 14 rings (SSSR count). The Hall–Kier alpha value is -11.9. The zero-order valence-electron chi connectivity index (χ0n) is 86.5. The number of rotatable bonds is 12. The van der Waals surface area contributed by atoms with Gasteiger partial charge in [-0.2, -0.15) is 0 Å². The maximum absolute atomic E-state index is 11.5. The number of hydrogen-bond acceptors (Lipinski definition) is 31. The topological polar surface area (TPSA) is 610 Å². The number of ether oxygens (including phenoxy) is 6. The van der Waals surface area contributed by atoms with E-state index in [9.17, 15) is 38.9 Å². The van der Waals surface area contributed by atoms with Crippen molar-refractivity contribution in [1.29, 1.82) is 0 Å². The molecule has 0 amide bonds.